The fraction of sp³-hybridized carbons (Fsp3) is 0.848. The number of carbonyl (C=O) groups is 5. The number of nitrogens with one attached hydrogen (secondary N) is 2. The third-order valence-corrected chi connectivity index (χ3v) is 16.7. The number of hydrogen-bond donors (Lipinski definition) is 4. The topological polar surface area (TPSA) is 159 Å². The molecule has 0 bridgehead atoms. The fourth-order valence-electron chi connectivity index (χ4n) is 13.3. The van der Waals surface area contributed by atoms with Gasteiger partial charge >= 0.3 is 17.9 Å². The fourth-order valence-corrected chi connectivity index (χ4v) is 13.3. The van der Waals surface area contributed by atoms with Gasteiger partial charge in [0.25, 0.3) is 0 Å². The van der Waals surface area contributed by atoms with Crippen molar-refractivity contribution in [2.45, 2.75) is 178 Å². The second-order valence-corrected chi connectivity index (χ2v) is 22.1. The number of carbonyl (C=O) groups excluding carboxylic acids is 3. The van der Waals surface area contributed by atoms with Gasteiger partial charge in [-0.15, -0.1) is 0 Å². The molecular formula is C46H74N2O8. The number of rotatable bonds is 13. The highest BCUT2D eigenvalue weighted by atomic mass is 16.5. The quantitative estimate of drug-likeness (QED) is 0.0821. The Morgan fingerprint density at radius 2 is 1.54 bits per heavy atom. The van der Waals surface area contributed by atoms with Gasteiger partial charge in [0.05, 0.1) is 18.3 Å². The first kappa shape index (κ1) is 44.2. The van der Waals surface area contributed by atoms with Crippen LogP contribution in [0.5, 0.6) is 0 Å². The molecular weight excluding hydrogens is 709 g/mol. The summed E-state index contributed by atoms with van der Waals surface area (Å²) >= 11 is 0. The van der Waals surface area contributed by atoms with Gasteiger partial charge in [-0.05, 0) is 121 Å². The first-order valence-electron chi connectivity index (χ1n) is 21.7. The number of allylic oxidation sites excluding steroid dienone is 2. The van der Waals surface area contributed by atoms with Crippen molar-refractivity contribution in [1.82, 2.24) is 10.6 Å². The van der Waals surface area contributed by atoms with E-state index in [0.29, 0.717) is 24.8 Å². The van der Waals surface area contributed by atoms with E-state index in [1.54, 1.807) is 13.8 Å². The van der Waals surface area contributed by atoms with Gasteiger partial charge in [-0.25, -0.2) is 4.79 Å². The predicted octanol–water partition coefficient (Wildman–Crippen LogP) is 8.71. The van der Waals surface area contributed by atoms with Crippen LogP contribution >= 0.6 is 0 Å². The van der Waals surface area contributed by atoms with E-state index in [-0.39, 0.29) is 82.1 Å². The van der Waals surface area contributed by atoms with Crippen LogP contribution in [0.15, 0.2) is 11.6 Å². The minimum Gasteiger partial charge on any atom is -0.481 e. The zero-order chi connectivity index (χ0) is 41.9. The van der Waals surface area contributed by atoms with E-state index in [2.05, 4.69) is 65.2 Å². The van der Waals surface area contributed by atoms with Crippen molar-refractivity contribution < 1.29 is 38.9 Å². The van der Waals surface area contributed by atoms with Crippen molar-refractivity contribution in [3.63, 3.8) is 0 Å². The first-order valence-corrected chi connectivity index (χ1v) is 21.7. The summed E-state index contributed by atoms with van der Waals surface area (Å²) < 4.78 is 6.25. The van der Waals surface area contributed by atoms with Crippen LogP contribution in [-0.4, -0.2) is 58.6 Å². The zero-order valence-electron chi connectivity index (χ0n) is 36.5. The van der Waals surface area contributed by atoms with Gasteiger partial charge in [0.2, 0.25) is 11.8 Å². The maximum atomic E-state index is 14.5. The lowest BCUT2D eigenvalue weighted by Gasteiger charge is -2.71. The number of fused-ring (bicyclic) bond motifs is 7. The molecule has 5 aliphatic carbocycles. The summed E-state index contributed by atoms with van der Waals surface area (Å²) in [5, 5.41) is 24.7. The van der Waals surface area contributed by atoms with Crippen molar-refractivity contribution in [3.8, 4) is 0 Å². The Labute approximate surface area is 336 Å². The van der Waals surface area contributed by atoms with E-state index < -0.39 is 28.8 Å². The molecule has 0 heterocycles. The summed E-state index contributed by atoms with van der Waals surface area (Å²) in [4.78, 5) is 63.3. The summed E-state index contributed by atoms with van der Waals surface area (Å²) in [5.74, 6) is -1.70. The molecule has 4 fully saturated rings. The van der Waals surface area contributed by atoms with E-state index in [9.17, 15) is 34.2 Å². The minimum absolute atomic E-state index is 0.0458. The van der Waals surface area contributed by atoms with Gasteiger partial charge in [-0.1, -0.05) is 87.8 Å². The van der Waals surface area contributed by atoms with Crippen LogP contribution in [0.2, 0.25) is 0 Å². The second kappa shape index (κ2) is 15.4. The Balaban J connectivity index is 1.33. The second-order valence-electron chi connectivity index (χ2n) is 22.1. The largest absolute Gasteiger partial charge is 0.481 e. The number of carboxylic acid groups (broad SMARTS) is 2. The maximum absolute atomic E-state index is 14.5. The average Bonchev–Trinajstić information content (AvgIpc) is 3.05. The summed E-state index contributed by atoms with van der Waals surface area (Å²) in [7, 11) is 0. The molecule has 0 aromatic heterocycles. The number of carboxylic acids is 2. The number of aliphatic carboxylic acids is 2. The lowest BCUT2D eigenvalue weighted by molar-refractivity contribution is -0.213. The zero-order valence-corrected chi connectivity index (χ0v) is 36.5. The van der Waals surface area contributed by atoms with Crippen molar-refractivity contribution in [2.24, 2.45) is 61.6 Å². The number of esters is 1. The summed E-state index contributed by atoms with van der Waals surface area (Å²) in [6.07, 6.45) is 12.5. The molecule has 5 rings (SSSR count). The molecule has 3 unspecified atom stereocenters. The highest BCUT2D eigenvalue weighted by Crippen LogP contribution is 2.76. The Kier molecular flexibility index (Phi) is 12.1. The SMILES string of the molecule is CC(C)[C@H](NC(=O)CCCNC(=O)[C@]12CCC(C)(C)CC1C1=CCC3[C@@]4(C)CC[C@H](OC(=O)CC(C)(C)CC(=O)O)C(C)(C)C4CC[C@@]3(C)[C@]1(C)CC2)C(=O)O. The smallest absolute Gasteiger partial charge is 0.326 e. The highest BCUT2D eigenvalue weighted by molar-refractivity contribution is 5.85. The van der Waals surface area contributed by atoms with Crippen molar-refractivity contribution in [2.75, 3.05) is 6.54 Å². The number of ether oxygens (including phenoxy) is 1. The molecule has 9 atom stereocenters. The maximum Gasteiger partial charge on any atom is 0.326 e. The number of hydrogen-bond acceptors (Lipinski definition) is 6. The van der Waals surface area contributed by atoms with Crippen LogP contribution < -0.4 is 10.6 Å². The first-order chi connectivity index (χ1) is 25.7. The molecule has 4 saturated carbocycles. The average molecular weight is 783 g/mol. The number of amides is 2. The van der Waals surface area contributed by atoms with E-state index in [1.807, 2.05) is 13.8 Å². The summed E-state index contributed by atoms with van der Waals surface area (Å²) in [6, 6.07) is -0.927. The van der Waals surface area contributed by atoms with E-state index >= 15 is 0 Å². The lowest BCUT2D eigenvalue weighted by Crippen LogP contribution is -2.65. The molecule has 0 saturated heterocycles. The standard InChI is InChI=1S/C46H74N2O8/c1-28(2)37(38(53)54)48-34(49)13-12-24-47-39(55)46-22-20-40(3,4)25-30(46)29-14-15-32-43(9)18-17-33(56-36(52)27-41(5,6)26-35(50)51)42(7,8)31(43)16-19-45(32,11)44(29,10)21-23-46/h14,28,30-33,37H,12-13,15-27H2,1-11H3,(H,47,55)(H,48,49)(H,50,51)(H,53,54)/t30?,31?,32?,33-,37-,43-,44+,45+,46-/m0/s1. The molecule has 0 aliphatic heterocycles. The van der Waals surface area contributed by atoms with Crippen LogP contribution in [0, 0.1) is 61.6 Å². The third kappa shape index (κ3) is 7.94. The van der Waals surface area contributed by atoms with Gasteiger partial charge in [0.1, 0.15) is 12.1 Å². The van der Waals surface area contributed by atoms with Crippen LogP contribution in [-0.2, 0) is 28.7 Å². The molecule has 56 heavy (non-hydrogen) atoms. The molecule has 0 aromatic carbocycles. The van der Waals surface area contributed by atoms with Crippen LogP contribution in [0.3, 0.4) is 0 Å². The van der Waals surface area contributed by atoms with Crippen molar-refractivity contribution >= 4 is 29.7 Å². The minimum atomic E-state index is -1.04. The van der Waals surface area contributed by atoms with Crippen molar-refractivity contribution in [1.29, 1.82) is 0 Å². The third-order valence-electron chi connectivity index (χ3n) is 16.7. The van der Waals surface area contributed by atoms with Crippen LogP contribution in [0.1, 0.15) is 166 Å². The summed E-state index contributed by atoms with van der Waals surface area (Å²) in [5.41, 5.74) is 0.272. The van der Waals surface area contributed by atoms with Gasteiger partial charge in [-0.2, -0.15) is 0 Å². The Bertz CT molecular complexity index is 1600. The molecule has 0 aromatic rings. The van der Waals surface area contributed by atoms with Crippen molar-refractivity contribution in [3.05, 3.63) is 11.6 Å². The van der Waals surface area contributed by atoms with Gasteiger partial charge in [0.15, 0.2) is 0 Å². The molecule has 0 spiro atoms. The molecule has 5 aliphatic rings. The molecule has 10 nitrogen and oxygen atoms in total. The van der Waals surface area contributed by atoms with Crippen LogP contribution in [0.4, 0.5) is 0 Å². The molecule has 4 N–H and O–H groups in total. The molecule has 2 amide bonds. The Hall–Kier alpha value is -2.91. The van der Waals surface area contributed by atoms with Gasteiger partial charge in [-0.3, -0.25) is 19.2 Å². The van der Waals surface area contributed by atoms with E-state index in [0.717, 1.165) is 64.2 Å². The molecule has 316 valence electrons. The Morgan fingerprint density at radius 1 is 0.875 bits per heavy atom. The Morgan fingerprint density at radius 3 is 2.16 bits per heavy atom. The van der Waals surface area contributed by atoms with Crippen LogP contribution in [0.25, 0.3) is 0 Å². The van der Waals surface area contributed by atoms with E-state index in [1.165, 1.54) is 5.57 Å². The molecule has 0 radical (unpaired) electrons. The normalized spacial score (nSPS) is 36.3. The van der Waals surface area contributed by atoms with Gasteiger partial charge in [0, 0.05) is 18.4 Å². The summed E-state index contributed by atoms with van der Waals surface area (Å²) in [6.45, 7) is 24.4. The monoisotopic (exact) mass is 783 g/mol. The van der Waals surface area contributed by atoms with Gasteiger partial charge < -0.3 is 25.6 Å². The lowest BCUT2D eigenvalue weighted by atomic mass is 9.33. The predicted molar refractivity (Wildman–Crippen MR) is 216 cm³/mol. The van der Waals surface area contributed by atoms with E-state index in [4.69, 9.17) is 4.74 Å². The molecule has 10 heteroatoms. The highest BCUT2D eigenvalue weighted by Gasteiger charge is 2.69.